The van der Waals surface area contributed by atoms with Gasteiger partial charge in [-0.2, -0.15) is 0 Å². The lowest BCUT2D eigenvalue weighted by molar-refractivity contribution is 0.134. The zero-order chi connectivity index (χ0) is 11.4. The van der Waals surface area contributed by atoms with Crippen LogP contribution in [0.15, 0.2) is 24.5 Å². The van der Waals surface area contributed by atoms with Crippen molar-refractivity contribution in [2.24, 2.45) is 11.7 Å². The Morgan fingerprint density at radius 3 is 2.89 bits per heavy atom. The van der Waals surface area contributed by atoms with Crippen molar-refractivity contribution in [1.82, 2.24) is 9.88 Å². The average molecular weight is 292 g/mol. The van der Waals surface area contributed by atoms with Crippen LogP contribution < -0.4 is 5.73 Å². The van der Waals surface area contributed by atoms with Crippen molar-refractivity contribution in [3.8, 4) is 0 Å². The van der Waals surface area contributed by atoms with E-state index in [0.29, 0.717) is 12.0 Å². The predicted molar refractivity (Wildman–Crippen MR) is 80.5 cm³/mol. The normalized spacial score (nSPS) is 21.6. The molecular weight excluding hydrogens is 269 g/mol. The molecular formula is C13H23Cl2N3. The molecule has 5 heteroatoms. The van der Waals surface area contributed by atoms with E-state index in [1.54, 1.807) is 0 Å². The monoisotopic (exact) mass is 291 g/mol. The van der Waals surface area contributed by atoms with Gasteiger partial charge in [0.2, 0.25) is 0 Å². The molecule has 0 amide bonds. The van der Waals surface area contributed by atoms with Crippen LogP contribution in [-0.2, 0) is 0 Å². The number of aromatic nitrogens is 1. The fourth-order valence-electron chi connectivity index (χ4n) is 2.48. The van der Waals surface area contributed by atoms with E-state index in [1.807, 2.05) is 18.5 Å². The van der Waals surface area contributed by atoms with Crippen LogP contribution in [0.1, 0.15) is 31.4 Å². The zero-order valence-corrected chi connectivity index (χ0v) is 12.4. The van der Waals surface area contributed by atoms with E-state index >= 15 is 0 Å². The molecule has 2 N–H and O–H groups in total. The molecule has 0 bridgehead atoms. The van der Waals surface area contributed by atoms with Crippen LogP contribution in [0.25, 0.3) is 0 Å². The molecule has 1 saturated heterocycles. The third-order valence-corrected chi connectivity index (χ3v) is 3.60. The molecule has 3 nitrogen and oxygen atoms in total. The number of hydrogen-bond acceptors (Lipinski definition) is 3. The van der Waals surface area contributed by atoms with Gasteiger partial charge >= 0.3 is 0 Å². The van der Waals surface area contributed by atoms with Crippen molar-refractivity contribution in [3.05, 3.63) is 30.1 Å². The molecule has 1 aromatic rings. The topological polar surface area (TPSA) is 42.2 Å². The zero-order valence-electron chi connectivity index (χ0n) is 10.8. The molecule has 18 heavy (non-hydrogen) atoms. The Balaban J connectivity index is 0.00000144. The van der Waals surface area contributed by atoms with Gasteiger partial charge in [-0.25, -0.2) is 0 Å². The SMILES string of the molecule is CC(c1cccnc1)N1CCCC(CN)C1.Cl.Cl. The molecule has 1 aromatic heterocycles. The van der Waals surface area contributed by atoms with Crippen LogP contribution in [-0.4, -0.2) is 29.5 Å². The molecule has 0 aromatic carbocycles. The third-order valence-electron chi connectivity index (χ3n) is 3.60. The Morgan fingerprint density at radius 2 is 2.28 bits per heavy atom. The van der Waals surface area contributed by atoms with E-state index < -0.39 is 0 Å². The second-order valence-corrected chi connectivity index (χ2v) is 4.70. The van der Waals surface area contributed by atoms with E-state index in [9.17, 15) is 0 Å². The first-order valence-corrected chi connectivity index (χ1v) is 6.15. The molecule has 1 aliphatic heterocycles. The Bertz CT molecular complexity index is 321. The van der Waals surface area contributed by atoms with Gasteiger partial charge in [-0.3, -0.25) is 9.88 Å². The summed E-state index contributed by atoms with van der Waals surface area (Å²) in [7, 11) is 0. The number of nitrogens with two attached hydrogens (primary N) is 1. The van der Waals surface area contributed by atoms with Crippen molar-refractivity contribution < 1.29 is 0 Å². The summed E-state index contributed by atoms with van der Waals surface area (Å²) in [6, 6.07) is 4.63. The van der Waals surface area contributed by atoms with Crippen molar-refractivity contribution in [2.45, 2.75) is 25.8 Å². The molecule has 2 heterocycles. The molecule has 2 unspecified atom stereocenters. The number of likely N-dealkylation sites (tertiary alicyclic amines) is 1. The summed E-state index contributed by atoms with van der Waals surface area (Å²) in [5.41, 5.74) is 7.07. The van der Waals surface area contributed by atoms with Crippen LogP contribution in [0.4, 0.5) is 0 Å². The lowest BCUT2D eigenvalue weighted by Crippen LogP contribution is -2.39. The average Bonchev–Trinajstić information content (AvgIpc) is 2.39. The van der Waals surface area contributed by atoms with E-state index in [2.05, 4.69) is 22.9 Å². The van der Waals surface area contributed by atoms with E-state index in [-0.39, 0.29) is 24.8 Å². The summed E-state index contributed by atoms with van der Waals surface area (Å²) in [5, 5.41) is 0. The van der Waals surface area contributed by atoms with Crippen molar-refractivity contribution in [2.75, 3.05) is 19.6 Å². The fraction of sp³-hybridized carbons (Fsp3) is 0.615. The third kappa shape index (κ3) is 4.39. The summed E-state index contributed by atoms with van der Waals surface area (Å²) in [5.74, 6) is 0.674. The second kappa shape index (κ2) is 8.70. The van der Waals surface area contributed by atoms with Gasteiger partial charge < -0.3 is 5.73 Å². The molecule has 2 atom stereocenters. The first kappa shape index (κ1) is 17.6. The maximum atomic E-state index is 5.77. The summed E-state index contributed by atoms with van der Waals surface area (Å²) in [6.07, 6.45) is 6.35. The van der Waals surface area contributed by atoms with Crippen LogP contribution in [0.3, 0.4) is 0 Å². The van der Waals surface area contributed by atoms with Gasteiger partial charge in [-0.15, -0.1) is 24.8 Å². The van der Waals surface area contributed by atoms with Gasteiger partial charge in [-0.1, -0.05) is 6.07 Å². The number of halogens is 2. The van der Waals surface area contributed by atoms with E-state index in [1.165, 1.54) is 24.9 Å². The Labute approximate surface area is 122 Å². The van der Waals surface area contributed by atoms with Gasteiger partial charge in [0.1, 0.15) is 0 Å². The molecule has 1 fully saturated rings. The fourth-order valence-corrected chi connectivity index (χ4v) is 2.48. The Hall–Kier alpha value is -0.350. The molecule has 0 aliphatic carbocycles. The number of rotatable bonds is 3. The van der Waals surface area contributed by atoms with Gasteiger partial charge in [0.25, 0.3) is 0 Å². The first-order valence-electron chi connectivity index (χ1n) is 6.15. The van der Waals surface area contributed by atoms with Crippen LogP contribution >= 0.6 is 24.8 Å². The second-order valence-electron chi connectivity index (χ2n) is 4.70. The highest BCUT2D eigenvalue weighted by molar-refractivity contribution is 5.85. The number of hydrogen-bond donors (Lipinski definition) is 1. The summed E-state index contributed by atoms with van der Waals surface area (Å²) in [4.78, 5) is 6.71. The standard InChI is InChI=1S/C13H21N3.2ClH/c1-11(13-5-2-6-15-9-13)16-7-3-4-12(8-14)10-16;;/h2,5-6,9,11-12H,3-4,7-8,10,14H2,1H3;2*1H. The maximum Gasteiger partial charge on any atom is 0.0335 e. The Kier molecular flexibility index (Phi) is 8.53. The highest BCUT2D eigenvalue weighted by Crippen LogP contribution is 2.25. The highest BCUT2D eigenvalue weighted by Gasteiger charge is 2.23. The van der Waals surface area contributed by atoms with Crippen molar-refractivity contribution in [3.63, 3.8) is 0 Å². The van der Waals surface area contributed by atoms with E-state index in [0.717, 1.165) is 13.1 Å². The summed E-state index contributed by atoms with van der Waals surface area (Å²) < 4.78 is 0. The Morgan fingerprint density at radius 1 is 1.50 bits per heavy atom. The summed E-state index contributed by atoms with van der Waals surface area (Å²) >= 11 is 0. The van der Waals surface area contributed by atoms with Gasteiger partial charge in [0.15, 0.2) is 0 Å². The minimum atomic E-state index is 0. The smallest absolute Gasteiger partial charge is 0.0335 e. The molecule has 0 spiro atoms. The predicted octanol–water partition coefficient (Wildman–Crippen LogP) is 2.66. The lowest BCUT2D eigenvalue weighted by atomic mass is 9.96. The molecule has 0 saturated carbocycles. The largest absolute Gasteiger partial charge is 0.330 e. The van der Waals surface area contributed by atoms with Gasteiger partial charge in [0.05, 0.1) is 0 Å². The minimum absolute atomic E-state index is 0. The maximum absolute atomic E-state index is 5.77. The minimum Gasteiger partial charge on any atom is -0.330 e. The first-order chi connectivity index (χ1) is 7.81. The van der Waals surface area contributed by atoms with Crippen molar-refractivity contribution >= 4 is 24.8 Å². The number of piperidine rings is 1. The van der Waals surface area contributed by atoms with Gasteiger partial charge in [-0.05, 0) is 50.4 Å². The van der Waals surface area contributed by atoms with Crippen LogP contribution in [0, 0.1) is 5.92 Å². The number of nitrogens with zero attached hydrogens (tertiary/aromatic N) is 2. The van der Waals surface area contributed by atoms with Crippen LogP contribution in [0.2, 0.25) is 0 Å². The lowest BCUT2D eigenvalue weighted by Gasteiger charge is -2.36. The highest BCUT2D eigenvalue weighted by atomic mass is 35.5. The van der Waals surface area contributed by atoms with Crippen molar-refractivity contribution in [1.29, 1.82) is 0 Å². The molecule has 0 radical (unpaired) electrons. The molecule has 1 aliphatic rings. The van der Waals surface area contributed by atoms with E-state index in [4.69, 9.17) is 5.73 Å². The number of pyridine rings is 1. The molecule has 2 rings (SSSR count). The van der Waals surface area contributed by atoms with Crippen LogP contribution in [0.5, 0.6) is 0 Å². The quantitative estimate of drug-likeness (QED) is 0.931. The summed E-state index contributed by atoms with van der Waals surface area (Å²) in [6.45, 7) is 5.39. The molecule has 104 valence electrons. The van der Waals surface area contributed by atoms with Gasteiger partial charge in [0, 0.05) is 25.0 Å².